The molecule has 18 heavy (non-hydrogen) atoms. The van der Waals surface area contributed by atoms with E-state index in [0.717, 1.165) is 19.1 Å². The number of rotatable bonds is 6. The lowest BCUT2D eigenvalue weighted by Crippen LogP contribution is -2.30. The molecule has 0 amide bonds. The van der Waals surface area contributed by atoms with Crippen molar-refractivity contribution in [1.82, 2.24) is 10.2 Å². The van der Waals surface area contributed by atoms with E-state index in [0.29, 0.717) is 11.3 Å². The highest BCUT2D eigenvalue weighted by molar-refractivity contribution is 4.95. The molecule has 0 spiro atoms. The lowest BCUT2D eigenvalue weighted by atomic mass is 9.92. The molecule has 2 heteroatoms. The van der Waals surface area contributed by atoms with E-state index in [2.05, 4.69) is 57.1 Å². The molecule has 106 valence electrons. The van der Waals surface area contributed by atoms with Gasteiger partial charge in [-0.15, -0.1) is 0 Å². The Morgan fingerprint density at radius 3 is 2.67 bits per heavy atom. The minimum atomic E-state index is 0.441. The van der Waals surface area contributed by atoms with Gasteiger partial charge in [0.15, 0.2) is 0 Å². The minimum absolute atomic E-state index is 0.441. The van der Waals surface area contributed by atoms with E-state index in [1.807, 2.05) is 0 Å². The molecule has 1 saturated heterocycles. The summed E-state index contributed by atoms with van der Waals surface area (Å²) in [5.41, 5.74) is 0.441. The first-order chi connectivity index (χ1) is 8.40. The first-order valence-electron chi connectivity index (χ1n) is 7.48. The zero-order chi connectivity index (χ0) is 13.6. The number of likely N-dealkylation sites (tertiary alicyclic amines) is 1. The summed E-state index contributed by atoms with van der Waals surface area (Å²) in [4.78, 5) is 2.50. The molecule has 1 N–H and O–H groups in total. The molecule has 2 unspecified atom stereocenters. The molecule has 0 aromatic rings. The van der Waals surface area contributed by atoms with Crippen LogP contribution in [0.25, 0.3) is 0 Å². The Morgan fingerprint density at radius 1 is 1.39 bits per heavy atom. The van der Waals surface area contributed by atoms with Crippen molar-refractivity contribution in [2.24, 2.45) is 11.3 Å². The number of nitrogens with zero attached hydrogens (tertiary/aromatic N) is 1. The molecule has 1 rings (SSSR count). The third kappa shape index (κ3) is 6.01. The van der Waals surface area contributed by atoms with Crippen LogP contribution in [0.3, 0.4) is 0 Å². The second-order valence-corrected chi connectivity index (χ2v) is 6.99. The molecular weight excluding hydrogens is 220 g/mol. The van der Waals surface area contributed by atoms with Gasteiger partial charge in [-0.3, -0.25) is 0 Å². The molecule has 0 saturated carbocycles. The molecule has 0 radical (unpaired) electrons. The summed E-state index contributed by atoms with van der Waals surface area (Å²) in [5, 5.41) is 3.50. The third-order valence-corrected chi connectivity index (χ3v) is 3.94. The first kappa shape index (κ1) is 15.7. The van der Waals surface area contributed by atoms with Crippen LogP contribution in [0.1, 0.15) is 47.0 Å². The highest BCUT2D eigenvalue weighted by Crippen LogP contribution is 2.22. The smallest absolute Gasteiger partial charge is 0.0153 e. The monoisotopic (exact) mass is 252 g/mol. The standard InChI is InChI=1S/C16H32N2/c1-14(15-9-7-13-18(15)5)8-6-11-17-12-10-16(2,3)4/h6,8,14-15,17H,7,9-13H2,1-5H3/b8-6+. The maximum atomic E-state index is 3.50. The van der Waals surface area contributed by atoms with Crippen molar-refractivity contribution in [2.75, 3.05) is 26.7 Å². The second kappa shape index (κ2) is 7.30. The van der Waals surface area contributed by atoms with E-state index in [4.69, 9.17) is 0 Å². The van der Waals surface area contributed by atoms with Crippen LogP contribution in [0.5, 0.6) is 0 Å². The zero-order valence-electron chi connectivity index (χ0n) is 13.0. The van der Waals surface area contributed by atoms with Gasteiger partial charge in [0.2, 0.25) is 0 Å². The summed E-state index contributed by atoms with van der Waals surface area (Å²) in [7, 11) is 2.25. The number of hydrogen-bond acceptors (Lipinski definition) is 2. The maximum absolute atomic E-state index is 3.50. The fraction of sp³-hybridized carbons (Fsp3) is 0.875. The third-order valence-electron chi connectivity index (χ3n) is 3.94. The molecule has 2 atom stereocenters. The zero-order valence-corrected chi connectivity index (χ0v) is 13.0. The van der Waals surface area contributed by atoms with Crippen molar-refractivity contribution >= 4 is 0 Å². The fourth-order valence-corrected chi connectivity index (χ4v) is 2.66. The van der Waals surface area contributed by atoms with Gasteiger partial charge in [0.25, 0.3) is 0 Å². The van der Waals surface area contributed by atoms with E-state index in [9.17, 15) is 0 Å². The molecule has 0 aromatic carbocycles. The Kier molecular flexibility index (Phi) is 6.37. The molecule has 0 aromatic heterocycles. The van der Waals surface area contributed by atoms with E-state index >= 15 is 0 Å². The molecule has 1 fully saturated rings. The molecule has 1 heterocycles. The van der Waals surface area contributed by atoms with Gasteiger partial charge in [-0.05, 0) is 50.7 Å². The van der Waals surface area contributed by atoms with Crippen LogP contribution in [0, 0.1) is 11.3 Å². The van der Waals surface area contributed by atoms with Crippen LogP contribution in [0.15, 0.2) is 12.2 Å². The van der Waals surface area contributed by atoms with Gasteiger partial charge < -0.3 is 10.2 Å². The van der Waals surface area contributed by atoms with Gasteiger partial charge in [-0.2, -0.15) is 0 Å². The minimum Gasteiger partial charge on any atom is -0.313 e. The van der Waals surface area contributed by atoms with Crippen LogP contribution >= 0.6 is 0 Å². The topological polar surface area (TPSA) is 15.3 Å². The number of nitrogens with one attached hydrogen (secondary N) is 1. The van der Waals surface area contributed by atoms with E-state index in [1.54, 1.807) is 0 Å². The van der Waals surface area contributed by atoms with E-state index in [-0.39, 0.29) is 0 Å². The Labute approximate surface area is 114 Å². The molecule has 1 aliphatic heterocycles. The SMILES string of the molecule is CC(/C=C/CNCCC(C)(C)C)C1CCCN1C. The lowest BCUT2D eigenvalue weighted by Gasteiger charge is -2.23. The summed E-state index contributed by atoms with van der Waals surface area (Å²) < 4.78 is 0. The van der Waals surface area contributed by atoms with E-state index in [1.165, 1.54) is 25.8 Å². The quantitative estimate of drug-likeness (QED) is 0.576. The maximum Gasteiger partial charge on any atom is 0.0153 e. The fourth-order valence-electron chi connectivity index (χ4n) is 2.66. The average molecular weight is 252 g/mol. The highest BCUT2D eigenvalue weighted by atomic mass is 15.1. The summed E-state index contributed by atoms with van der Waals surface area (Å²) in [6.07, 6.45) is 8.65. The Morgan fingerprint density at radius 2 is 2.11 bits per heavy atom. The predicted molar refractivity (Wildman–Crippen MR) is 80.9 cm³/mol. The van der Waals surface area contributed by atoms with Crippen LogP contribution in [0.2, 0.25) is 0 Å². The van der Waals surface area contributed by atoms with Gasteiger partial charge in [0.05, 0.1) is 0 Å². The van der Waals surface area contributed by atoms with Crippen LogP contribution in [0.4, 0.5) is 0 Å². The van der Waals surface area contributed by atoms with Gasteiger partial charge in [-0.1, -0.05) is 39.8 Å². The van der Waals surface area contributed by atoms with Crippen LogP contribution in [-0.2, 0) is 0 Å². The Bertz CT molecular complexity index is 252. The summed E-state index contributed by atoms with van der Waals surface area (Å²) in [6, 6.07) is 0.760. The van der Waals surface area contributed by atoms with Gasteiger partial charge in [0, 0.05) is 12.6 Å². The van der Waals surface area contributed by atoms with Gasteiger partial charge >= 0.3 is 0 Å². The first-order valence-corrected chi connectivity index (χ1v) is 7.48. The highest BCUT2D eigenvalue weighted by Gasteiger charge is 2.24. The average Bonchev–Trinajstić information content (AvgIpc) is 2.68. The van der Waals surface area contributed by atoms with Crippen molar-refractivity contribution in [2.45, 2.75) is 53.0 Å². The Hall–Kier alpha value is -0.340. The summed E-state index contributed by atoms with van der Waals surface area (Å²) in [5.74, 6) is 0.682. The Balaban J connectivity index is 2.13. The van der Waals surface area contributed by atoms with Crippen LogP contribution in [-0.4, -0.2) is 37.6 Å². The summed E-state index contributed by atoms with van der Waals surface area (Å²) >= 11 is 0. The van der Waals surface area contributed by atoms with Crippen molar-refractivity contribution in [3.63, 3.8) is 0 Å². The normalized spacial score (nSPS) is 23.9. The van der Waals surface area contributed by atoms with Crippen molar-refractivity contribution in [3.05, 3.63) is 12.2 Å². The molecule has 0 bridgehead atoms. The summed E-state index contributed by atoms with van der Waals surface area (Å²) in [6.45, 7) is 12.6. The molecule has 0 aliphatic carbocycles. The second-order valence-electron chi connectivity index (χ2n) is 6.99. The van der Waals surface area contributed by atoms with Crippen molar-refractivity contribution < 1.29 is 0 Å². The molecule has 1 aliphatic rings. The van der Waals surface area contributed by atoms with Crippen LogP contribution < -0.4 is 5.32 Å². The number of hydrogen-bond donors (Lipinski definition) is 1. The van der Waals surface area contributed by atoms with Crippen molar-refractivity contribution in [1.29, 1.82) is 0 Å². The lowest BCUT2D eigenvalue weighted by molar-refractivity contribution is 0.266. The predicted octanol–water partition coefficient (Wildman–Crippen LogP) is 3.30. The van der Waals surface area contributed by atoms with Gasteiger partial charge in [0.1, 0.15) is 0 Å². The molecule has 2 nitrogen and oxygen atoms in total. The van der Waals surface area contributed by atoms with E-state index < -0.39 is 0 Å². The van der Waals surface area contributed by atoms with Gasteiger partial charge in [-0.25, -0.2) is 0 Å². The van der Waals surface area contributed by atoms with Crippen molar-refractivity contribution in [3.8, 4) is 0 Å². The largest absolute Gasteiger partial charge is 0.313 e. The molecular formula is C16H32N2.